The Morgan fingerprint density at radius 1 is 1.25 bits per heavy atom. The summed E-state index contributed by atoms with van der Waals surface area (Å²) in [6.07, 6.45) is -5.82. The Bertz CT molecular complexity index is 430. The van der Waals surface area contributed by atoms with Crippen LogP contribution in [0.15, 0.2) is 18.7 Å². The van der Waals surface area contributed by atoms with Crippen LogP contribution in [0.4, 0.5) is 26.3 Å². The topological polar surface area (TPSA) is 52.2 Å². The molecule has 0 aliphatic rings. The number of nitrogens with zero attached hydrogens (tertiary/aromatic N) is 3. The van der Waals surface area contributed by atoms with E-state index < -0.39 is 28.2 Å². The second-order valence-corrected chi connectivity index (χ2v) is 4.16. The third-order valence-electron chi connectivity index (χ3n) is 1.80. The van der Waals surface area contributed by atoms with Crippen molar-refractivity contribution in [2.75, 3.05) is 0 Å². The number of aromatic nitrogens is 2. The molecule has 1 heterocycles. The van der Waals surface area contributed by atoms with Crippen molar-refractivity contribution >= 4 is 11.3 Å². The van der Waals surface area contributed by atoms with E-state index in [0.717, 1.165) is 6.54 Å². The molecule has 12 heteroatoms. The Morgan fingerprint density at radius 2 is 1.70 bits per heavy atom. The smallest absolute Gasteiger partial charge is 0.477 e. The lowest BCUT2D eigenvalue weighted by Crippen LogP contribution is -2.48. The van der Waals surface area contributed by atoms with Gasteiger partial charge in [0.05, 0.1) is 13.6 Å². The van der Waals surface area contributed by atoms with Crippen LogP contribution in [0.1, 0.15) is 6.92 Å². The maximum atomic E-state index is 11.3. The zero-order valence-electron chi connectivity index (χ0n) is 10.3. The Balaban J connectivity index is 0.000000388. The van der Waals surface area contributed by atoms with E-state index in [1.54, 1.807) is 0 Å². The van der Waals surface area contributed by atoms with Gasteiger partial charge < -0.3 is 4.55 Å². The second-order valence-electron chi connectivity index (χ2n) is 3.36. The summed E-state index contributed by atoms with van der Waals surface area (Å²) in [7, 11) is 2.02. The van der Waals surface area contributed by atoms with E-state index in [1.165, 1.54) is 0 Å². The van der Waals surface area contributed by atoms with Gasteiger partial charge in [-0.05, 0) is 11.2 Å². The highest BCUT2D eigenvalue weighted by Gasteiger charge is 2.55. The predicted molar refractivity (Wildman–Crippen MR) is 54.2 cm³/mol. The van der Waals surface area contributed by atoms with Crippen molar-refractivity contribution in [2.24, 2.45) is 7.05 Å². The fourth-order valence-electron chi connectivity index (χ4n) is 1.00. The molecule has 0 aliphatic heterocycles. The van der Waals surface area contributed by atoms with Gasteiger partial charge in [0.15, 0.2) is 0 Å². The van der Waals surface area contributed by atoms with Crippen LogP contribution in [0.5, 0.6) is 0 Å². The van der Waals surface area contributed by atoms with E-state index in [4.69, 9.17) is 0 Å². The number of imidazole rings is 1. The van der Waals surface area contributed by atoms with Gasteiger partial charge in [0.25, 0.3) is 0 Å². The average Bonchev–Trinajstić information content (AvgIpc) is 2.59. The molecular formula is C8H11F6N3O2S. The molecule has 118 valence electrons. The van der Waals surface area contributed by atoms with Crippen LogP contribution in [0, 0.1) is 0 Å². The Labute approximate surface area is 112 Å². The van der Waals surface area contributed by atoms with E-state index in [0.29, 0.717) is 0 Å². The molecule has 0 radical (unpaired) electrons. The number of halogens is 6. The summed E-state index contributed by atoms with van der Waals surface area (Å²) in [6.45, 7) is 3.18. The van der Waals surface area contributed by atoms with Crippen LogP contribution < -0.4 is 4.57 Å². The Hall–Kier alpha value is -1.14. The van der Waals surface area contributed by atoms with Crippen molar-refractivity contribution in [3.05, 3.63) is 18.7 Å². The van der Waals surface area contributed by atoms with Crippen LogP contribution in [0.2, 0.25) is 0 Å². The molecular weight excluding hydrogens is 316 g/mol. The molecule has 1 atom stereocenters. The van der Waals surface area contributed by atoms with Crippen molar-refractivity contribution in [1.82, 2.24) is 8.87 Å². The summed E-state index contributed by atoms with van der Waals surface area (Å²) in [4.78, 5) is 0. The number of alkyl halides is 6. The van der Waals surface area contributed by atoms with E-state index in [9.17, 15) is 35.1 Å². The zero-order valence-corrected chi connectivity index (χ0v) is 11.1. The Kier molecular flexibility index (Phi) is 6.64. The molecule has 0 saturated heterocycles. The first-order valence-electron chi connectivity index (χ1n) is 4.93. The highest BCUT2D eigenvalue weighted by molar-refractivity contribution is 7.76. The number of hydrogen-bond acceptors (Lipinski definition) is 2. The minimum atomic E-state index is -5.98. The molecule has 0 spiro atoms. The molecule has 1 aromatic heterocycles. The summed E-state index contributed by atoms with van der Waals surface area (Å²) in [5.41, 5.74) is 0. The van der Waals surface area contributed by atoms with Gasteiger partial charge in [-0.2, -0.15) is 26.3 Å². The van der Waals surface area contributed by atoms with Crippen LogP contribution >= 0.6 is 0 Å². The molecule has 1 aromatic rings. The van der Waals surface area contributed by atoms with Gasteiger partial charge in [0, 0.05) is 11.3 Å². The molecule has 0 saturated carbocycles. The first-order chi connectivity index (χ1) is 8.89. The summed E-state index contributed by atoms with van der Waals surface area (Å²) in [5, 5.41) is 0. The maximum absolute atomic E-state index is 11.3. The van der Waals surface area contributed by atoms with Gasteiger partial charge in [-0.15, -0.1) is 0 Å². The molecule has 20 heavy (non-hydrogen) atoms. The molecule has 0 fully saturated rings. The normalized spacial score (nSPS) is 13.9. The quantitative estimate of drug-likeness (QED) is 0.357. The van der Waals surface area contributed by atoms with E-state index in [1.807, 2.05) is 17.8 Å². The van der Waals surface area contributed by atoms with Crippen molar-refractivity contribution in [1.29, 1.82) is 0 Å². The fraction of sp³-hybridized carbons (Fsp3) is 0.625. The van der Waals surface area contributed by atoms with Gasteiger partial charge in [-0.3, -0.25) is 4.21 Å². The minimum Gasteiger partial charge on any atom is -0.759 e. The molecule has 0 aliphatic carbocycles. The molecule has 5 nitrogen and oxygen atoms in total. The highest BCUT2D eigenvalue weighted by atomic mass is 32.2. The predicted octanol–water partition coefficient (Wildman–Crippen LogP) is 1.45. The lowest BCUT2D eigenvalue weighted by atomic mass is 10.7. The first-order valence-corrected chi connectivity index (χ1v) is 5.97. The van der Waals surface area contributed by atoms with Gasteiger partial charge >= 0.3 is 12.6 Å². The van der Waals surface area contributed by atoms with Crippen LogP contribution in [-0.4, -0.2) is 30.2 Å². The fourth-order valence-corrected chi connectivity index (χ4v) is 1.34. The van der Waals surface area contributed by atoms with Gasteiger partial charge in [0.2, 0.25) is 6.33 Å². The Morgan fingerprint density at radius 3 is 1.80 bits per heavy atom. The summed E-state index contributed by atoms with van der Waals surface area (Å²) in [5.74, 6) is 0. The van der Waals surface area contributed by atoms with Crippen LogP contribution in [-0.2, 0) is 24.9 Å². The summed E-state index contributed by atoms with van der Waals surface area (Å²) in [6, 6.07) is 0. The SMILES string of the molecule is CCn1cc[n+](C)c1.O=S([O-])N(C(F)(F)F)C(F)(F)F. The molecule has 0 amide bonds. The number of rotatable bonds is 2. The van der Waals surface area contributed by atoms with Crippen molar-refractivity contribution in [3.8, 4) is 0 Å². The second kappa shape index (κ2) is 7.04. The van der Waals surface area contributed by atoms with Crippen molar-refractivity contribution in [2.45, 2.75) is 26.1 Å². The lowest BCUT2D eigenvalue weighted by Gasteiger charge is -2.27. The molecule has 0 bridgehead atoms. The number of hydrogen-bond donors (Lipinski definition) is 0. The molecule has 0 aromatic carbocycles. The third kappa shape index (κ3) is 6.34. The van der Waals surface area contributed by atoms with E-state index in [2.05, 4.69) is 24.0 Å². The lowest BCUT2D eigenvalue weighted by molar-refractivity contribution is -0.671. The standard InChI is InChI=1S/C6H11N2.C2HF6NO2S/c1-3-8-5-4-7(2)6-8;3-1(4,5)9(12(10)11)2(6,7)8/h4-6H,3H2,1-2H3;(H,10,11)/q+1;/p-1. The highest BCUT2D eigenvalue weighted by Crippen LogP contribution is 2.33. The van der Waals surface area contributed by atoms with Gasteiger partial charge in [-0.25, -0.2) is 9.13 Å². The summed E-state index contributed by atoms with van der Waals surface area (Å²) >= 11 is -4.41. The maximum Gasteiger partial charge on any atom is 0.477 e. The average molecular weight is 327 g/mol. The monoisotopic (exact) mass is 327 g/mol. The molecule has 0 N–H and O–H groups in total. The van der Waals surface area contributed by atoms with Crippen molar-refractivity contribution < 1.29 is 39.7 Å². The van der Waals surface area contributed by atoms with Crippen molar-refractivity contribution in [3.63, 3.8) is 0 Å². The third-order valence-corrected chi connectivity index (χ3v) is 2.51. The largest absolute Gasteiger partial charge is 0.759 e. The summed E-state index contributed by atoms with van der Waals surface area (Å²) < 4.78 is 88.2. The zero-order chi connectivity index (χ0) is 16.1. The number of aryl methyl sites for hydroxylation is 2. The van der Waals surface area contributed by atoms with Crippen LogP contribution in [0.3, 0.4) is 0 Å². The van der Waals surface area contributed by atoms with E-state index in [-0.39, 0.29) is 0 Å². The van der Waals surface area contributed by atoms with Crippen LogP contribution in [0.25, 0.3) is 0 Å². The van der Waals surface area contributed by atoms with Gasteiger partial charge in [-0.1, -0.05) is 0 Å². The molecule has 1 rings (SSSR count). The van der Waals surface area contributed by atoms with Gasteiger partial charge in [0.1, 0.15) is 12.4 Å². The minimum absolute atomic E-state index is 1.06. The van der Waals surface area contributed by atoms with E-state index >= 15 is 0 Å². The first kappa shape index (κ1) is 18.9. The molecule has 1 unspecified atom stereocenters.